The van der Waals surface area contributed by atoms with Gasteiger partial charge in [-0.3, -0.25) is 10.1 Å². The average Bonchev–Trinajstić information content (AvgIpc) is 3.07. The summed E-state index contributed by atoms with van der Waals surface area (Å²) in [5.74, 6) is 0.972. The molecule has 1 heterocycles. The second kappa shape index (κ2) is 8.09. The SMILES string of the molecule is COc1cc(C(=O)Nc2nc(C)c(-c3ccccc3)s2)cc(OC)c1OC. The average molecular weight is 384 g/mol. The lowest BCUT2D eigenvalue weighted by atomic mass is 10.1. The third-order valence-electron chi connectivity index (χ3n) is 3.98. The Morgan fingerprint density at radius 1 is 1.00 bits per heavy atom. The molecule has 2 aromatic carbocycles. The molecular formula is C20H20N2O4S. The molecule has 0 bridgehead atoms. The molecule has 0 saturated heterocycles. The zero-order chi connectivity index (χ0) is 19.4. The molecular weight excluding hydrogens is 364 g/mol. The van der Waals surface area contributed by atoms with Crippen molar-refractivity contribution in [3.05, 3.63) is 53.7 Å². The van der Waals surface area contributed by atoms with E-state index < -0.39 is 0 Å². The van der Waals surface area contributed by atoms with Crippen molar-refractivity contribution in [3.63, 3.8) is 0 Å². The number of methoxy groups -OCH3 is 3. The van der Waals surface area contributed by atoms with Crippen molar-refractivity contribution in [1.82, 2.24) is 4.98 Å². The number of aromatic nitrogens is 1. The van der Waals surface area contributed by atoms with Crippen molar-refractivity contribution in [2.75, 3.05) is 26.6 Å². The van der Waals surface area contributed by atoms with Gasteiger partial charge in [0, 0.05) is 5.56 Å². The number of nitrogens with one attached hydrogen (secondary N) is 1. The molecule has 0 saturated carbocycles. The molecule has 0 aliphatic rings. The Hall–Kier alpha value is -3.06. The topological polar surface area (TPSA) is 69.7 Å². The van der Waals surface area contributed by atoms with E-state index in [9.17, 15) is 4.79 Å². The van der Waals surface area contributed by atoms with Crippen LogP contribution in [0.2, 0.25) is 0 Å². The minimum absolute atomic E-state index is 0.303. The molecule has 1 aromatic heterocycles. The minimum atomic E-state index is -0.303. The molecule has 140 valence electrons. The number of aryl methyl sites for hydroxylation is 1. The summed E-state index contributed by atoms with van der Waals surface area (Å²) in [6.45, 7) is 1.92. The Kier molecular flexibility index (Phi) is 5.61. The summed E-state index contributed by atoms with van der Waals surface area (Å²) < 4.78 is 15.9. The van der Waals surface area contributed by atoms with Crippen LogP contribution in [-0.2, 0) is 0 Å². The number of hydrogen-bond acceptors (Lipinski definition) is 6. The highest BCUT2D eigenvalue weighted by Gasteiger charge is 2.18. The lowest BCUT2D eigenvalue weighted by Crippen LogP contribution is -2.12. The van der Waals surface area contributed by atoms with Gasteiger partial charge in [-0.2, -0.15) is 0 Å². The molecule has 1 amide bonds. The van der Waals surface area contributed by atoms with E-state index in [0.717, 1.165) is 16.1 Å². The van der Waals surface area contributed by atoms with Gasteiger partial charge in [0.05, 0.1) is 31.9 Å². The van der Waals surface area contributed by atoms with E-state index in [2.05, 4.69) is 10.3 Å². The fourth-order valence-electron chi connectivity index (χ4n) is 2.69. The van der Waals surface area contributed by atoms with Crippen LogP contribution in [0.25, 0.3) is 10.4 Å². The van der Waals surface area contributed by atoms with E-state index in [1.54, 1.807) is 12.1 Å². The maximum absolute atomic E-state index is 12.7. The number of amides is 1. The Morgan fingerprint density at radius 3 is 2.19 bits per heavy atom. The number of ether oxygens (including phenoxy) is 3. The number of anilines is 1. The number of thiazole rings is 1. The molecule has 27 heavy (non-hydrogen) atoms. The molecule has 0 spiro atoms. The number of carbonyl (C=O) groups excluding carboxylic acids is 1. The van der Waals surface area contributed by atoms with Crippen molar-refractivity contribution in [2.24, 2.45) is 0 Å². The standard InChI is InChI=1S/C20H20N2O4S/c1-12-18(13-8-6-5-7-9-13)27-20(21-12)22-19(23)14-10-15(24-2)17(26-4)16(11-14)25-3/h5-11H,1-4H3,(H,21,22,23). The summed E-state index contributed by atoms with van der Waals surface area (Å²) in [5.41, 5.74) is 2.32. The largest absolute Gasteiger partial charge is 0.493 e. The first-order chi connectivity index (χ1) is 13.1. The van der Waals surface area contributed by atoms with Gasteiger partial charge < -0.3 is 14.2 Å². The van der Waals surface area contributed by atoms with Crippen LogP contribution in [0.3, 0.4) is 0 Å². The van der Waals surface area contributed by atoms with Gasteiger partial charge in [0.15, 0.2) is 16.6 Å². The van der Waals surface area contributed by atoms with E-state index in [1.165, 1.54) is 32.7 Å². The van der Waals surface area contributed by atoms with E-state index in [0.29, 0.717) is 27.9 Å². The first-order valence-electron chi connectivity index (χ1n) is 8.21. The fraction of sp³-hybridized carbons (Fsp3) is 0.200. The van der Waals surface area contributed by atoms with Gasteiger partial charge in [0.25, 0.3) is 5.91 Å². The van der Waals surface area contributed by atoms with Gasteiger partial charge in [-0.1, -0.05) is 41.7 Å². The molecule has 0 fully saturated rings. The summed E-state index contributed by atoms with van der Waals surface area (Å²) in [5, 5.41) is 3.38. The molecule has 7 heteroatoms. The lowest BCUT2D eigenvalue weighted by Gasteiger charge is -2.13. The normalized spacial score (nSPS) is 10.4. The number of benzene rings is 2. The van der Waals surface area contributed by atoms with Crippen molar-refractivity contribution in [3.8, 4) is 27.7 Å². The Labute approximate surface area is 161 Å². The Balaban J connectivity index is 1.88. The third-order valence-corrected chi connectivity index (χ3v) is 5.10. The predicted octanol–water partition coefficient (Wildman–Crippen LogP) is 4.40. The van der Waals surface area contributed by atoms with Crippen LogP contribution >= 0.6 is 11.3 Å². The second-order valence-corrected chi connectivity index (χ2v) is 6.67. The smallest absolute Gasteiger partial charge is 0.257 e. The van der Waals surface area contributed by atoms with Gasteiger partial charge in [0.2, 0.25) is 5.75 Å². The number of nitrogens with zero attached hydrogens (tertiary/aromatic N) is 1. The van der Waals surface area contributed by atoms with Crippen LogP contribution in [0.15, 0.2) is 42.5 Å². The number of rotatable bonds is 6. The van der Waals surface area contributed by atoms with E-state index in [1.807, 2.05) is 37.3 Å². The molecule has 1 N–H and O–H groups in total. The zero-order valence-electron chi connectivity index (χ0n) is 15.5. The lowest BCUT2D eigenvalue weighted by molar-refractivity contribution is 0.102. The summed E-state index contributed by atoms with van der Waals surface area (Å²) in [6.07, 6.45) is 0. The van der Waals surface area contributed by atoms with Crippen LogP contribution < -0.4 is 19.5 Å². The number of carbonyl (C=O) groups is 1. The number of hydrogen-bond donors (Lipinski definition) is 1. The minimum Gasteiger partial charge on any atom is -0.493 e. The van der Waals surface area contributed by atoms with Gasteiger partial charge in [0.1, 0.15) is 0 Å². The molecule has 0 radical (unpaired) electrons. The van der Waals surface area contributed by atoms with Crippen molar-refractivity contribution >= 4 is 22.4 Å². The van der Waals surface area contributed by atoms with Crippen LogP contribution in [0.5, 0.6) is 17.2 Å². The van der Waals surface area contributed by atoms with Crippen molar-refractivity contribution < 1.29 is 19.0 Å². The molecule has 0 atom stereocenters. The summed E-state index contributed by atoms with van der Waals surface area (Å²) in [7, 11) is 4.54. The molecule has 0 aliphatic carbocycles. The third kappa shape index (κ3) is 3.88. The molecule has 3 rings (SSSR count). The molecule has 6 nitrogen and oxygen atoms in total. The van der Waals surface area contributed by atoms with Crippen molar-refractivity contribution in [2.45, 2.75) is 6.92 Å². The molecule has 0 unspecified atom stereocenters. The first-order valence-corrected chi connectivity index (χ1v) is 9.03. The van der Waals surface area contributed by atoms with Crippen LogP contribution in [0.1, 0.15) is 16.1 Å². The van der Waals surface area contributed by atoms with Crippen LogP contribution in [0.4, 0.5) is 5.13 Å². The maximum atomic E-state index is 12.7. The maximum Gasteiger partial charge on any atom is 0.257 e. The zero-order valence-corrected chi connectivity index (χ0v) is 16.3. The van der Waals surface area contributed by atoms with Gasteiger partial charge in [-0.25, -0.2) is 4.98 Å². The fourth-order valence-corrected chi connectivity index (χ4v) is 3.66. The van der Waals surface area contributed by atoms with Crippen LogP contribution in [-0.4, -0.2) is 32.2 Å². The molecule has 3 aromatic rings. The Bertz CT molecular complexity index is 929. The quantitative estimate of drug-likeness (QED) is 0.682. The Morgan fingerprint density at radius 2 is 1.63 bits per heavy atom. The van der Waals surface area contributed by atoms with E-state index in [4.69, 9.17) is 14.2 Å². The van der Waals surface area contributed by atoms with Gasteiger partial charge in [-0.15, -0.1) is 0 Å². The highest BCUT2D eigenvalue weighted by atomic mass is 32.1. The monoisotopic (exact) mass is 384 g/mol. The highest BCUT2D eigenvalue weighted by molar-refractivity contribution is 7.19. The van der Waals surface area contributed by atoms with E-state index in [-0.39, 0.29) is 5.91 Å². The second-order valence-electron chi connectivity index (χ2n) is 5.67. The predicted molar refractivity (Wildman–Crippen MR) is 106 cm³/mol. The van der Waals surface area contributed by atoms with Gasteiger partial charge >= 0.3 is 0 Å². The van der Waals surface area contributed by atoms with Crippen molar-refractivity contribution in [1.29, 1.82) is 0 Å². The summed E-state index contributed by atoms with van der Waals surface area (Å²) in [6, 6.07) is 13.2. The first kappa shape index (κ1) is 18.7. The summed E-state index contributed by atoms with van der Waals surface area (Å²) >= 11 is 1.43. The van der Waals surface area contributed by atoms with E-state index >= 15 is 0 Å². The van der Waals surface area contributed by atoms with Gasteiger partial charge in [-0.05, 0) is 24.6 Å². The molecule has 0 aliphatic heterocycles. The highest BCUT2D eigenvalue weighted by Crippen LogP contribution is 2.38. The summed E-state index contributed by atoms with van der Waals surface area (Å²) in [4.78, 5) is 18.2. The van der Waals surface area contributed by atoms with Crippen LogP contribution in [0, 0.1) is 6.92 Å².